The molecule has 0 aliphatic carbocycles. The summed E-state index contributed by atoms with van der Waals surface area (Å²) in [4.78, 5) is 26.1. The fourth-order valence-corrected chi connectivity index (χ4v) is 4.51. The number of anilines is 2. The first-order valence-corrected chi connectivity index (χ1v) is 10.8. The Bertz CT molecular complexity index is 837. The van der Waals surface area contributed by atoms with Crippen LogP contribution in [0.5, 0.6) is 0 Å². The molecule has 0 spiro atoms. The molecule has 154 valence electrons. The minimum Gasteiger partial charge on any atom is -0.394 e. The SMILES string of the molecule is O=C(c1ccc(Cl)cc1)C1CCN(c2cc(N3CCCCC3CO)ncn2)CC1. The number of Topliss-reactive ketones (excluding diaryl/α,β-unsaturated/α-hetero) is 1. The summed E-state index contributed by atoms with van der Waals surface area (Å²) >= 11 is 5.93. The lowest BCUT2D eigenvalue weighted by molar-refractivity contribution is 0.0900. The molecule has 1 aromatic heterocycles. The van der Waals surface area contributed by atoms with Crippen LogP contribution < -0.4 is 9.80 Å². The van der Waals surface area contributed by atoms with E-state index in [2.05, 4.69) is 19.8 Å². The first kappa shape index (κ1) is 20.1. The molecule has 29 heavy (non-hydrogen) atoms. The summed E-state index contributed by atoms with van der Waals surface area (Å²) < 4.78 is 0. The fourth-order valence-electron chi connectivity index (χ4n) is 4.38. The average Bonchev–Trinajstić information content (AvgIpc) is 2.79. The van der Waals surface area contributed by atoms with Gasteiger partial charge in [-0.2, -0.15) is 0 Å². The van der Waals surface area contributed by atoms with Gasteiger partial charge in [0.15, 0.2) is 5.78 Å². The van der Waals surface area contributed by atoms with E-state index in [0.29, 0.717) is 5.02 Å². The monoisotopic (exact) mass is 414 g/mol. The van der Waals surface area contributed by atoms with Gasteiger partial charge in [0.2, 0.25) is 0 Å². The standard InChI is InChI=1S/C22H27ClN4O2/c23-18-6-4-16(5-7-18)22(29)17-8-11-26(12-9-17)20-13-21(25-15-24-20)27-10-2-1-3-19(27)14-28/h4-7,13,15,17,19,28H,1-3,8-12,14H2. The Morgan fingerprint density at radius 2 is 1.76 bits per heavy atom. The summed E-state index contributed by atoms with van der Waals surface area (Å²) in [5.74, 6) is 2.01. The zero-order valence-electron chi connectivity index (χ0n) is 16.5. The Hall–Kier alpha value is -2.18. The summed E-state index contributed by atoms with van der Waals surface area (Å²) in [6.07, 6.45) is 6.49. The third-order valence-corrected chi connectivity index (χ3v) is 6.34. The van der Waals surface area contributed by atoms with E-state index in [1.807, 2.05) is 18.2 Å². The van der Waals surface area contributed by atoms with Gasteiger partial charge < -0.3 is 14.9 Å². The maximum Gasteiger partial charge on any atom is 0.166 e. The zero-order valence-corrected chi connectivity index (χ0v) is 17.3. The van der Waals surface area contributed by atoms with E-state index < -0.39 is 0 Å². The molecule has 4 rings (SSSR count). The summed E-state index contributed by atoms with van der Waals surface area (Å²) in [7, 11) is 0. The van der Waals surface area contributed by atoms with Crippen LogP contribution in [0, 0.1) is 5.92 Å². The van der Waals surface area contributed by atoms with Crippen LogP contribution >= 0.6 is 11.6 Å². The van der Waals surface area contributed by atoms with Gasteiger partial charge in [0.1, 0.15) is 18.0 Å². The summed E-state index contributed by atoms with van der Waals surface area (Å²) in [6.45, 7) is 2.66. The van der Waals surface area contributed by atoms with Crippen LogP contribution in [0.3, 0.4) is 0 Å². The summed E-state index contributed by atoms with van der Waals surface area (Å²) in [5.41, 5.74) is 0.734. The highest BCUT2D eigenvalue weighted by molar-refractivity contribution is 6.30. The first-order chi connectivity index (χ1) is 14.2. The van der Waals surface area contributed by atoms with E-state index in [1.54, 1.807) is 18.5 Å². The van der Waals surface area contributed by atoms with Crippen molar-refractivity contribution in [2.24, 2.45) is 5.92 Å². The molecular weight excluding hydrogens is 388 g/mol. The molecule has 7 heteroatoms. The number of hydrogen-bond donors (Lipinski definition) is 1. The Morgan fingerprint density at radius 1 is 1.03 bits per heavy atom. The molecule has 0 radical (unpaired) electrons. The maximum absolute atomic E-state index is 12.8. The van der Waals surface area contributed by atoms with Crippen molar-refractivity contribution in [1.82, 2.24) is 9.97 Å². The summed E-state index contributed by atoms with van der Waals surface area (Å²) in [6, 6.07) is 9.32. The van der Waals surface area contributed by atoms with Gasteiger partial charge in [0, 0.05) is 42.2 Å². The normalized spacial score (nSPS) is 20.7. The summed E-state index contributed by atoms with van der Waals surface area (Å²) in [5, 5.41) is 10.3. The average molecular weight is 415 g/mol. The number of carbonyl (C=O) groups excluding carboxylic acids is 1. The van der Waals surface area contributed by atoms with E-state index in [0.717, 1.165) is 68.9 Å². The smallest absolute Gasteiger partial charge is 0.166 e. The number of aromatic nitrogens is 2. The minimum absolute atomic E-state index is 0.0367. The molecule has 2 aliphatic heterocycles. The molecule has 2 aromatic rings. The number of aliphatic hydroxyl groups is 1. The predicted molar refractivity (Wildman–Crippen MR) is 115 cm³/mol. The Kier molecular flexibility index (Phi) is 6.31. The Balaban J connectivity index is 1.41. The van der Waals surface area contributed by atoms with Crippen molar-refractivity contribution in [2.45, 2.75) is 38.1 Å². The van der Waals surface area contributed by atoms with Crippen LogP contribution in [0.15, 0.2) is 36.7 Å². The van der Waals surface area contributed by atoms with E-state index in [4.69, 9.17) is 11.6 Å². The zero-order chi connectivity index (χ0) is 20.2. The lowest BCUT2D eigenvalue weighted by Crippen LogP contribution is -2.42. The van der Waals surface area contributed by atoms with Gasteiger partial charge in [-0.3, -0.25) is 4.79 Å². The second-order valence-corrected chi connectivity index (χ2v) is 8.33. The van der Waals surface area contributed by atoms with Crippen LogP contribution in [0.1, 0.15) is 42.5 Å². The highest BCUT2D eigenvalue weighted by Gasteiger charge is 2.28. The molecule has 2 saturated heterocycles. The Morgan fingerprint density at radius 3 is 2.48 bits per heavy atom. The molecule has 1 atom stereocenters. The number of ketones is 1. The van der Waals surface area contributed by atoms with Crippen molar-refractivity contribution < 1.29 is 9.90 Å². The topological polar surface area (TPSA) is 69.6 Å². The van der Waals surface area contributed by atoms with Crippen LogP contribution in [0.25, 0.3) is 0 Å². The third-order valence-electron chi connectivity index (χ3n) is 6.09. The highest BCUT2D eigenvalue weighted by Crippen LogP contribution is 2.28. The molecule has 3 heterocycles. The van der Waals surface area contributed by atoms with Crippen LogP contribution in [-0.2, 0) is 0 Å². The van der Waals surface area contributed by atoms with Crippen molar-refractivity contribution >= 4 is 29.0 Å². The van der Waals surface area contributed by atoms with E-state index in [9.17, 15) is 9.90 Å². The van der Waals surface area contributed by atoms with E-state index in [-0.39, 0.29) is 24.3 Å². The van der Waals surface area contributed by atoms with Crippen molar-refractivity contribution in [2.75, 3.05) is 36.0 Å². The molecule has 0 amide bonds. The van der Waals surface area contributed by atoms with Gasteiger partial charge in [-0.15, -0.1) is 0 Å². The number of nitrogens with zero attached hydrogens (tertiary/aromatic N) is 4. The molecule has 2 fully saturated rings. The van der Waals surface area contributed by atoms with Gasteiger partial charge in [-0.1, -0.05) is 11.6 Å². The van der Waals surface area contributed by atoms with Gasteiger partial charge >= 0.3 is 0 Å². The highest BCUT2D eigenvalue weighted by atomic mass is 35.5. The largest absolute Gasteiger partial charge is 0.394 e. The van der Waals surface area contributed by atoms with Crippen LogP contribution in [-0.4, -0.2) is 53.1 Å². The quantitative estimate of drug-likeness (QED) is 0.754. The van der Waals surface area contributed by atoms with Crippen LogP contribution in [0.2, 0.25) is 5.02 Å². The van der Waals surface area contributed by atoms with Gasteiger partial charge in [0.25, 0.3) is 0 Å². The van der Waals surface area contributed by atoms with E-state index >= 15 is 0 Å². The van der Waals surface area contributed by atoms with Crippen molar-refractivity contribution in [3.8, 4) is 0 Å². The lowest BCUT2D eigenvalue weighted by Gasteiger charge is -2.36. The maximum atomic E-state index is 12.8. The van der Waals surface area contributed by atoms with Crippen LogP contribution in [0.4, 0.5) is 11.6 Å². The predicted octanol–water partition coefficient (Wildman–Crippen LogP) is 3.58. The number of rotatable bonds is 5. The van der Waals surface area contributed by atoms with Crippen molar-refractivity contribution in [3.63, 3.8) is 0 Å². The molecule has 6 nitrogen and oxygen atoms in total. The number of carbonyl (C=O) groups is 1. The first-order valence-electron chi connectivity index (χ1n) is 10.4. The number of benzene rings is 1. The van der Waals surface area contributed by atoms with Crippen molar-refractivity contribution in [3.05, 3.63) is 47.2 Å². The number of piperidine rings is 2. The number of aliphatic hydroxyl groups excluding tert-OH is 1. The van der Waals surface area contributed by atoms with E-state index in [1.165, 1.54) is 0 Å². The molecule has 1 aromatic carbocycles. The minimum atomic E-state index is 0.0367. The van der Waals surface area contributed by atoms with Gasteiger partial charge in [-0.05, 0) is 56.4 Å². The number of hydrogen-bond acceptors (Lipinski definition) is 6. The van der Waals surface area contributed by atoms with Crippen molar-refractivity contribution in [1.29, 1.82) is 0 Å². The third kappa shape index (κ3) is 4.54. The van der Waals surface area contributed by atoms with Gasteiger partial charge in [-0.25, -0.2) is 9.97 Å². The Labute approximate surface area is 176 Å². The molecule has 0 bridgehead atoms. The molecule has 0 saturated carbocycles. The number of halogens is 1. The molecule has 1 unspecified atom stereocenters. The second-order valence-electron chi connectivity index (χ2n) is 7.89. The molecule has 1 N–H and O–H groups in total. The molecule has 2 aliphatic rings. The molecular formula is C22H27ClN4O2. The second kappa shape index (κ2) is 9.09. The lowest BCUT2D eigenvalue weighted by atomic mass is 9.89. The van der Waals surface area contributed by atoms with Gasteiger partial charge in [0.05, 0.1) is 12.6 Å². The fraction of sp³-hybridized carbons (Fsp3) is 0.500.